The molecule has 20 heavy (non-hydrogen) atoms. The zero-order valence-electron chi connectivity index (χ0n) is 11.1. The summed E-state index contributed by atoms with van der Waals surface area (Å²) >= 11 is 0. The molecule has 8 heteroatoms. The molecule has 0 aromatic carbocycles. The lowest BCUT2D eigenvalue weighted by atomic mass is 10.3. The van der Waals surface area contributed by atoms with Crippen molar-refractivity contribution in [2.75, 3.05) is 25.6 Å². The van der Waals surface area contributed by atoms with Crippen LogP contribution in [0.15, 0.2) is 6.07 Å². The average molecular weight is 288 g/mol. The van der Waals surface area contributed by atoms with Gasteiger partial charge in [0.15, 0.2) is 0 Å². The Hall–Kier alpha value is -1.83. The molecule has 0 fully saturated rings. The van der Waals surface area contributed by atoms with Gasteiger partial charge in [-0.3, -0.25) is 0 Å². The molecule has 0 aliphatic carbocycles. The number of hydrogen-bond acceptors (Lipinski definition) is 4. The minimum absolute atomic E-state index is 0.180. The summed E-state index contributed by atoms with van der Waals surface area (Å²) in [5, 5.41) is 3.45. The quantitative estimate of drug-likeness (QED) is 0.830. The predicted octanol–water partition coefficient (Wildman–Crippen LogP) is 2.73. The number of aromatic amines is 1. The molecule has 2 rings (SSSR count). The summed E-state index contributed by atoms with van der Waals surface area (Å²) in [6.07, 6.45) is -3.90. The molecule has 0 spiro atoms. The van der Waals surface area contributed by atoms with E-state index in [1.807, 2.05) is 0 Å². The number of hydrogen-bond donors (Lipinski definition) is 2. The van der Waals surface area contributed by atoms with Crippen LogP contribution >= 0.6 is 0 Å². The minimum Gasteiger partial charge on any atom is -0.385 e. The molecule has 0 saturated heterocycles. The SMILES string of the molecule is COCCCNc1nc(C(F)(F)F)nc2[nH]c(C)cc12. The van der Waals surface area contributed by atoms with Crippen LogP contribution in [0.25, 0.3) is 11.0 Å². The van der Waals surface area contributed by atoms with Gasteiger partial charge in [0.2, 0.25) is 5.82 Å². The lowest BCUT2D eigenvalue weighted by Crippen LogP contribution is -2.14. The lowest BCUT2D eigenvalue weighted by Gasteiger charge is -2.10. The monoisotopic (exact) mass is 288 g/mol. The fourth-order valence-corrected chi connectivity index (χ4v) is 1.83. The number of alkyl halides is 3. The number of rotatable bonds is 5. The van der Waals surface area contributed by atoms with Crippen molar-refractivity contribution in [3.8, 4) is 0 Å². The second kappa shape index (κ2) is 5.66. The van der Waals surface area contributed by atoms with Crippen LogP contribution in [0.1, 0.15) is 17.9 Å². The van der Waals surface area contributed by atoms with E-state index in [1.54, 1.807) is 20.1 Å². The third-order valence-electron chi connectivity index (χ3n) is 2.69. The van der Waals surface area contributed by atoms with Crippen molar-refractivity contribution in [1.29, 1.82) is 0 Å². The number of halogens is 3. The van der Waals surface area contributed by atoms with Crippen molar-refractivity contribution >= 4 is 16.9 Å². The highest BCUT2D eigenvalue weighted by Gasteiger charge is 2.35. The number of H-pyrrole nitrogens is 1. The van der Waals surface area contributed by atoms with E-state index < -0.39 is 12.0 Å². The standard InChI is InChI=1S/C12H15F3N4O/c1-7-6-8-9(16-4-3-5-20-2)18-11(12(13,14)15)19-10(8)17-7/h6H,3-5H2,1-2H3,(H2,16,17,18,19). The first-order valence-electron chi connectivity index (χ1n) is 6.09. The highest BCUT2D eigenvalue weighted by molar-refractivity contribution is 5.87. The van der Waals surface area contributed by atoms with Gasteiger partial charge in [0.25, 0.3) is 0 Å². The van der Waals surface area contributed by atoms with Crippen molar-refractivity contribution < 1.29 is 17.9 Å². The van der Waals surface area contributed by atoms with Crippen LogP contribution in [-0.4, -0.2) is 35.2 Å². The van der Waals surface area contributed by atoms with E-state index >= 15 is 0 Å². The first-order valence-corrected chi connectivity index (χ1v) is 6.09. The Labute approximate surface area is 113 Å². The van der Waals surface area contributed by atoms with Crippen molar-refractivity contribution in [2.45, 2.75) is 19.5 Å². The molecule has 5 nitrogen and oxygen atoms in total. The summed E-state index contributed by atoms with van der Waals surface area (Å²) in [7, 11) is 1.57. The van der Waals surface area contributed by atoms with Gasteiger partial charge in [-0.25, -0.2) is 9.97 Å². The number of fused-ring (bicyclic) bond motifs is 1. The molecule has 2 heterocycles. The zero-order chi connectivity index (χ0) is 14.8. The summed E-state index contributed by atoms with van der Waals surface area (Å²) in [4.78, 5) is 9.89. The number of nitrogens with one attached hydrogen (secondary N) is 2. The van der Waals surface area contributed by atoms with Gasteiger partial charge in [-0.15, -0.1) is 0 Å². The van der Waals surface area contributed by atoms with Crippen LogP contribution in [0.2, 0.25) is 0 Å². The lowest BCUT2D eigenvalue weighted by molar-refractivity contribution is -0.144. The number of ether oxygens (including phenoxy) is 1. The van der Waals surface area contributed by atoms with Crippen LogP contribution < -0.4 is 5.32 Å². The van der Waals surface area contributed by atoms with Gasteiger partial charge >= 0.3 is 6.18 Å². The van der Waals surface area contributed by atoms with Gasteiger partial charge in [0.1, 0.15) is 11.5 Å². The van der Waals surface area contributed by atoms with Crippen molar-refractivity contribution in [3.05, 3.63) is 17.6 Å². The second-order valence-corrected chi connectivity index (χ2v) is 4.38. The molecule has 0 unspecified atom stereocenters. The van der Waals surface area contributed by atoms with E-state index in [1.165, 1.54) is 0 Å². The van der Waals surface area contributed by atoms with Crippen LogP contribution in [0.5, 0.6) is 0 Å². The largest absolute Gasteiger partial charge is 0.451 e. The highest BCUT2D eigenvalue weighted by Crippen LogP contribution is 2.30. The highest BCUT2D eigenvalue weighted by atomic mass is 19.4. The molecular formula is C12H15F3N4O. The molecule has 0 radical (unpaired) electrons. The smallest absolute Gasteiger partial charge is 0.385 e. The normalized spacial score (nSPS) is 12.1. The van der Waals surface area contributed by atoms with Crippen molar-refractivity contribution in [2.24, 2.45) is 0 Å². The van der Waals surface area contributed by atoms with E-state index in [0.717, 1.165) is 5.69 Å². The number of anilines is 1. The first-order chi connectivity index (χ1) is 9.41. The third kappa shape index (κ3) is 3.19. The zero-order valence-corrected chi connectivity index (χ0v) is 11.1. The molecular weight excluding hydrogens is 273 g/mol. The Morgan fingerprint density at radius 1 is 1.35 bits per heavy atom. The Bertz CT molecular complexity index is 594. The maximum Gasteiger partial charge on any atom is 0.451 e. The van der Waals surface area contributed by atoms with Crippen molar-refractivity contribution in [1.82, 2.24) is 15.0 Å². The number of methoxy groups -OCH3 is 1. The van der Waals surface area contributed by atoms with Gasteiger partial charge in [-0.05, 0) is 19.4 Å². The van der Waals surface area contributed by atoms with Crippen LogP contribution in [0.4, 0.5) is 19.0 Å². The molecule has 2 N–H and O–H groups in total. The molecule has 0 aliphatic heterocycles. The molecule has 2 aromatic rings. The summed E-state index contributed by atoms with van der Waals surface area (Å²) < 4.78 is 43.2. The van der Waals surface area contributed by atoms with E-state index in [0.29, 0.717) is 25.0 Å². The van der Waals surface area contributed by atoms with Crippen molar-refractivity contribution in [3.63, 3.8) is 0 Å². The van der Waals surface area contributed by atoms with Crippen LogP contribution in [0.3, 0.4) is 0 Å². The summed E-state index contributed by atoms with van der Waals surface area (Å²) in [6.45, 7) is 2.75. The van der Waals surface area contributed by atoms with Gasteiger partial charge in [-0.1, -0.05) is 0 Å². The molecule has 0 amide bonds. The van der Waals surface area contributed by atoms with E-state index in [4.69, 9.17) is 4.74 Å². The molecule has 0 bridgehead atoms. The maximum absolute atomic E-state index is 12.8. The fourth-order valence-electron chi connectivity index (χ4n) is 1.83. The summed E-state index contributed by atoms with van der Waals surface area (Å²) in [5.74, 6) is -0.969. The Morgan fingerprint density at radius 3 is 2.75 bits per heavy atom. The fraction of sp³-hybridized carbons (Fsp3) is 0.500. The Morgan fingerprint density at radius 2 is 2.10 bits per heavy atom. The van der Waals surface area contributed by atoms with Crippen LogP contribution in [-0.2, 0) is 10.9 Å². The average Bonchev–Trinajstić information content (AvgIpc) is 2.73. The molecule has 110 valence electrons. The molecule has 0 aliphatic rings. The van der Waals surface area contributed by atoms with E-state index in [9.17, 15) is 13.2 Å². The van der Waals surface area contributed by atoms with Gasteiger partial charge in [0, 0.05) is 26.0 Å². The Balaban J connectivity index is 2.34. The Kier molecular flexibility index (Phi) is 4.12. The van der Waals surface area contributed by atoms with Gasteiger partial charge in [-0.2, -0.15) is 13.2 Å². The molecule has 0 atom stereocenters. The van der Waals surface area contributed by atoms with Gasteiger partial charge in [0.05, 0.1) is 5.39 Å². The van der Waals surface area contributed by atoms with Crippen LogP contribution in [0, 0.1) is 6.92 Å². The number of aromatic nitrogens is 3. The maximum atomic E-state index is 12.8. The van der Waals surface area contributed by atoms with E-state index in [-0.39, 0.29) is 11.5 Å². The number of aryl methyl sites for hydroxylation is 1. The molecule has 2 aromatic heterocycles. The minimum atomic E-state index is -4.57. The summed E-state index contributed by atoms with van der Waals surface area (Å²) in [6, 6.07) is 1.72. The topological polar surface area (TPSA) is 62.8 Å². The number of nitrogens with zero attached hydrogens (tertiary/aromatic N) is 2. The van der Waals surface area contributed by atoms with E-state index in [2.05, 4.69) is 20.3 Å². The second-order valence-electron chi connectivity index (χ2n) is 4.38. The summed E-state index contributed by atoms with van der Waals surface area (Å²) in [5.41, 5.74) is 0.910. The predicted molar refractivity (Wildman–Crippen MR) is 68.6 cm³/mol. The first kappa shape index (κ1) is 14.6. The molecule has 0 saturated carbocycles. The third-order valence-corrected chi connectivity index (χ3v) is 2.69. The van der Waals surface area contributed by atoms with Gasteiger partial charge < -0.3 is 15.0 Å².